The summed E-state index contributed by atoms with van der Waals surface area (Å²) in [5.41, 5.74) is 5.60. The lowest BCUT2D eigenvalue weighted by Crippen LogP contribution is -2.35. The number of hydrogen-bond acceptors (Lipinski definition) is 3. The summed E-state index contributed by atoms with van der Waals surface area (Å²) in [5.74, 6) is 0.238. The number of nitrogens with two attached hydrogens (primary N) is 1. The summed E-state index contributed by atoms with van der Waals surface area (Å²) in [6.07, 6.45) is -1.38. The van der Waals surface area contributed by atoms with E-state index in [-0.39, 0.29) is 30.9 Å². The van der Waals surface area contributed by atoms with Gasteiger partial charge in [-0.1, -0.05) is 12.1 Å². The highest BCUT2D eigenvalue weighted by molar-refractivity contribution is 5.94. The van der Waals surface area contributed by atoms with Crippen LogP contribution in [0.4, 0.5) is 13.2 Å². The summed E-state index contributed by atoms with van der Waals surface area (Å²) in [5, 5.41) is 0. The van der Waals surface area contributed by atoms with Gasteiger partial charge in [0.25, 0.3) is 5.91 Å². The molecule has 1 saturated carbocycles. The van der Waals surface area contributed by atoms with Gasteiger partial charge in [-0.15, -0.1) is 12.4 Å². The second kappa shape index (κ2) is 7.72. The predicted molar refractivity (Wildman–Crippen MR) is 92.9 cm³/mol. The third-order valence-electron chi connectivity index (χ3n) is 4.39. The highest BCUT2D eigenvalue weighted by atomic mass is 35.5. The Morgan fingerprint density at radius 1 is 1.35 bits per heavy atom. The second-order valence-corrected chi connectivity index (χ2v) is 6.25. The number of rotatable bonds is 5. The number of benzene rings is 1. The quantitative estimate of drug-likeness (QED) is 0.817. The molecular formula is C18H20ClF3N2O2. The van der Waals surface area contributed by atoms with Crippen molar-refractivity contribution in [1.82, 2.24) is 4.90 Å². The van der Waals surface area contributed by atoms with Gasteiger partial charge in [0.15, 0.2) is 0 Å². The van der Waals surface area contributed by atoms with Gasteiger partial charge in [-0.3, -0.25) is 4.79 Å². The van der Waals surface area contributed by atoms with Gasteiger partial charge in [0.05, 0.1) is 23.7 Å². The van der Waals surface area contributed by atoms with Gasteiger partial charge >= 0.3 is 6.18 Å². The fourth-order valence-corrected chi connectivity index (χ4v) is 2.90. The van der Waals surface area contributed by atoms with Gasteiger partial charge in [0, 0.05) is 6.04 Å². The molecule has 8 heteroatoms. The van der Waals surface area contributed by atoms with E-state index in [4.69, 9.17) is 10.2 Å². The molecule has 1 atom stereocenters. The van der Waals surface area contributed by atoms with Crippen molar-refractivity contribution in [3.63, 3.8) is 0 Å². The minimum absolute atomic E-state index is 0. The molecule has 0 saturated heterocycles. The van der Waals surface area contributed by atoms with Crippen LogP contribution in [0.15, 0.2) is 41.0 Å². The Bertz CT molecular complexity index is 772. The molecule has 1 aromatic heterocycles. The number of alkyl halides is 3. The highest BCUT2D eigenvalue weighted by Gasteiger charge is 2.38. The van der Waals surface area contributed by atoms with Crippen molar-refractivity contribution in [2.45, 2.75) is 44.6 Å². The van der Waals surface area contributed by atoms with Crippen molar-refractivity contribution in [2.75, 3.05) is 0 Å². The number of carbonyl (C=O) groups is 1. The van der Waals surface area contributed by atoms with E-state index in [1.807, 2.05) is 0 Å². The Morgan fingerprint density at radius 3 is 2.58 bits per heavy atom. The monoisotopic (exact) mass is 388 g/mol. The molecule has 0 bridgehead atoms. The van der Waals surface area contributed by atoms with E-state index >= 15 is 0 Å². The smallest absolute Gasteiger partial charge is 0.416 e. The molecule has 1 fully saturated rings. The topological polar surface area (TPSA) is 59.5 Å². The summed E-state index contributed by atoms with van der Waals surface area (Å²) < 4.78 is 44.1. The van der Waals surface area contributed by atoms with Gasteiger partial charge in [-0.2, -0.15) is 13.2 Å². The minimum atomic E-state index is -4.41. The van der Waals surface area contributed by atoms with E-state index < -0.39 is 17.8 Å². The standard InChI is InChI=1S/C18H19F3N2O2.ClH/c1-11(12-3-2-4-14(7-12)18(19,20)21)23(15-5-6-15)17(24)13-8-16(9-22)25-10-13;/h2-4,7-8,10-11,15H,5-6,9,22H2,1H3;1H. The summed E-state index contributed by atoms with van der Waals surface area (Å²) in [7, 11) is 0. The Kier molecular flexibility index (Phi) is 6.03. The molecule has 3 rings (SSSR count). The molecule has 0 spiro atoms. The van der Waals surface area contributed by atoms with Crippen LogP contribution in [-0.2, 0) is 12.7 Å². The fourth-order valence-electron chi connectivity index (χ4n) is 2.90. The lowest BCUT2D eigenvalue weighted by molar-refractivity contribution is -0.137. The third kappa shape index (κ3) is 4.22. The molecule has 4 nitrogen and oxygen atoms in total. The molecule has 1 heterocycles. The van der Waals surface area contributed by atoms with E-state index in [0.29, 0.717) is 16.9 Å². The molecule has 2 aromatic rings. The average Bonchev–Trinajstić information content (AvgIpc) is 3.29. The molecular weight excluding hydrogens is 369 g/mol. The van der Waals surface area contributed by atoms with Crippen LogP contribution in [-0.4, -0.2) is 16.8 Å². The van der Waals surface area contributed by atoms with Gasteiger partial charge in [-0.05, 0) is 43.5 Å². The fraction of sp³-hybridized carbons (Fsp3) is 0.389. The van der Waals surface area contributed by atoms with E-state index in [0.717, 1.165) is 25.0 Å². The molecule has 0 radical (unpaired) electrons. The predicted octanol–water partition coefficient (Wildman–Crippen LogP) is 4.54. The summed E-state index contributed by atoms with van der Waals surface area (Å²) in [6, 6.07) is 6.26. The molecule has 142 valence electrons. The van der Waals surface area contributed by atoms with Crippen molar-refractivity contribution in [1.29, 1.82) is 0 Å². The van der Waals surface area contributed by atoms with Crippen LogP contribution in [0.3, 0.4) is 0 Å². The van der Waals surface area contributed by atoms with E-state index in [1.54, 1.807) is 24.0 Å². The van der Waals surface area contributed by atoms with Crippen molar-refractivity contribution < 1.29 is 22.4 Å². The van der Waals surface area contributed by atoms with Crippen LogP contribution >= 0.6 is 12.4 Å². The largest absolute Gasteiger partial charge is 0.467 e. The average molecular weight is 389 g/mol. The Morgan fingerprint density at radius 2 is 2.04 bits per heavy atom. The maximum absolute atomic E-state index is 13.0. The van der Waals surface area contributed by atoms with Crippen LogP contribution in [0, 0.1) is 0 Å². The third-order valence-corrected chi connectivity index (χ3v) is 4.39. The highest BCUT2D eigenvalue weighted by Crippen LogP contribution is 2.37. The zero-order valence-electron chi connectivity index (χ0n) is 14.1. The first-order chi connectivity index (χ1) is 11.8. The minimum Gasteiger partial charge on any atom is -0.467 e. The van der Waals surface area contributed by atoms with Crippen LogP contribution in [0.1, 0.15) is 53.1 Å². The number of hydrogen-bond donors (Lipinski definition) is 1. The van der Waals surface area contributed by atoms with Crippen LogP contribution < -0.4 is 5.73 Å². The summed E-state index contributed by atoms with van der Waals surface area (Å²) >= 11 is 0. The van der Waals surface area contributed by atoms with Gasteiger partial charge in [0.2, 0.25) is 0 Å². The molecule has 1 aliphatic rings. The van der Waals surface area contributed by atoms with E-state index in [2.05, 4.69) is 0 Å². The first kappa shape index (κ1) is 20.3. The van der Waals surface area contributed by atoms with Crippen molar-refractivity contribution in [2.24, 2.45) is 5.73 Å². The first-order valence-corrected chi connectivity index (χ1v) is 8.08. The molecule has 1 amide bonds. The normalized spacial score (nSPS) is 15.3. The Balaban J connectivity index is 0.00000243. The van der Waals surface area contributed by atoms with Gasteiger partial charge in [-0.25, -0.2) is 0 Å². The molecule has 1 unspecified atom stereocenters. The molecule has 2 N–H and O–H groups in total. The summed E-state index contributed by atoms with van der Waals surface area (Å²) in [4.78, 5) is 14.5. The van der Waals surface area contributed by atoms with Crippen LogP contribution in [0.25, 0.3) is 0 Å². The van der Waals surface area contributed by atoms with Crippen molar-refractivity contribution >= 4 is 18.3 Å². The molecule has 1 aliphatic carbocycles. The van der Waals surface area contributed by atoms with E-state index in [9.17, 15) is 18.0 Å². The number of furan rings is 1. The van der Waals surface area contributed by atoms with Gasteiger partial charge in [0.1, 0.15) is 12.0 Å². The first-order valence-electron chi connectivity index (χ1n) is 8.08. The van der Waals surface area contributed by atoms with E-state index in [1.165, 1.54) is 12.3 Å². The number of halogens is 4. The van der Waals surface area contributed by atoms with Crippen molar-refractivity contribution in [3.8, 4) is 0 Å². The zero-order valence-corrected chi connectivity index (χ0v) is 14.9. The lowest BCUT2D eigenvalue weighted by atomic mass is 10.0. The Labute approximate surface area is 155 Å². The maximum atomic E-state index is 13.0. The zero-order chi connectivity index (χ0) is 18.2. The SMILES string of the molecule is CC(c1cccc(C(F)(F)F)c1)N(C(=O)c1coc(CN)c1)C1CC1.Cl. The second-order valence-electron chi connectivity index (χ2n) is 6.25. The number of carbonyl (C=O) groups excluding carboxylic acids is 1. The van der Waals surface area contributed by atoms with Crippen molar-refractivity contribution in [3.05, 3.63) is 59.0 Å². The van der Waals surface area contributed by atoms with Crippen LogP contribution in [0.2, 0.25) is 0 Å². The van der Waals surface area contributed by atoms with Gasteiger partial charge < -0.3 is 15.1 Å². The van der Waals surface area contributed by atoms with Crippen LogP contribution in [0.5, 0.6) is 0 Å². The molecule has 0 aliphatic heterocycles. The Hall–Kier alpha value is -1.99. The lowest BCUT2D eigenvalue weighted by Gasteiger charge is -2.30. The maximum Gasteiger partial charge on any atom is 0.416 e. The number of amides is 1. The summed E-state index contributed by atoms with van der Waals surface area (Å²) in [6.45, 7) is 1.93. The molecule has 26 heavy (non-hydrogen) atoms. The molecule has 1 aromatic carbocycles. The number of nitrogens with zero attached hydrogens (tertiary/aromatic N) is 1.